The third-order valence-electron chi connectivity index (χ3n) is 7.76. The zero-order valence-electron chi connectivity index (χ0n) is 22.3. The Morgan fingerprint density at radius 2 is 1.79 bits per heavy atom. The molecule has 0 saturated heterocycles. The molecule has 7 nitrogen and oxygen atoms in total. The van der Waals surface area contributed by atoms with Crippen LogP contribution in [0.5, 0.6) is 11.5 Å². The highest BCUT2D eigenvalue weighted by Gasteiger charge is 2.32. The lowest BCUT2D eigenvalue weighted by Gasteiger charge is -2.28. The lowest BCUT2D eigenvalue weighted by Crippen LogP contribution is -2.29. The van der Waals surface area contributed by atoms with E-state index in [4.69, 9.17) is 4.52 Å². The van der Waals surface area contributed by atoms with Crippen LogP contribution in [-0.2, 0) is 24.3 Å². The van der Waals surface area contributed by atoms with Crippen LogP contribution >= 0.6 is 0 Å². The molecule has 3 N–H and O–H groups in total. The van der Waals surface area contributed by atoms with Crippen molar-refractivity contribution in [3.05, 3.63) is 82.9 Å². The van der Waals surface area contributed by atoms with Crippen LogP contribution in [0.4, 0.5) is 5.88 Å². The number of anilines is 1. The normalized spacial score (nSPS) is 15.4. The summed E-state index contributed by atoms with van der Waals surface area (Å²) in [6, 6.07) is 19.9. The standard InChI is InChI=1S/C32H33N3O4/c1-19(2)25-15-26(28(37)16-27(25)36)30-29(32(39-34-30)33-31(38)23-11-12-23)22-9-7-20(8-10-22)17-35-14-13-21-5-3-4-6-24(21)18-35/h3-10,15-16,19,23,36-37H,11-14,17-18H2,1-2H3,(H,33,38). The minimum absolute atomic E-state index is 0.00179. The first kappa shape index (κ1) is 25.2. The molecular weight excluding hydrogens is 490 g/mol. The van der Waals surface area contributed by atoms with Crippen molar-refractivity contribution < 1.29 is 19.5 Å². The number of rotatable bonds is 7. The number of hydrogen-bond acceptors (Lipinski definition) is 6. The Balaban J connectivity index is 1.32. The maximum atomic E-state index is 12.6. The highest BCUT2D eigenvalue weighted by atomic mass is 16.5. The van der Waals surface area contributed by atoms with E-state index in [-0.39, 0.29) is 35.1 Å². The molecule has 1 aliphatic heterocycles. The number of nitrogens with one attached hydrogen (secondary N) is 1. The molecule has 1 amide bonds. The van der Waals surface area contributed by atoms with Gasteiger partial charge in [-0.05, 0) is 59.1 Å². The molecule has 7 heteroatoms. The quantitative estimate of drug-likeness (QED) is 0.257. The third kappa shape index (κ3) is 5.14. The number of nitrogens with zero attached hydrogens (tertiary/aromatic N) is 2. The van der Waals surface area contributed by atoms with Gasteiger partial charge in [0.25, 0.3) is 0 Å². The fraction of sp³-hybridized carbons (Fsp3) is 0.312. The molecule has 0 unspecified atom stereocenters. The van der Waals surface area contributed by atoms with Gasteiger partial charge in [-0.3, -0.25) is 15.0 Å². The van der Waals surface area contributed by atoms with Gasteiger partial charge in [0, 0.05) is 37.2 Å². The summed E-state index contributed by atoms with van der Waals surface area (Å²) in [5, 5.41) is 28.3. The molecule has 1 aromatic heterocycles. The molecule has 0 spiro atoms. The van der Waals surface area contributed by atoms with Gasteiger partial charge in [-0.15, -0.1) is 0 Å². The highest BCUT2D eigenvalue weighted by Crippen LogP contribution is 2.44. The molecule has 39 heavy (non-hydrogen) atoms. The zero-order valence-corrected chi connectivity index (χ0v) is 22.3. The van der Waals surface area contributed by atoms with Crippen LogP contribution in [0.1, 0.15) is 54.9 Å². The number of aromatic hydroxyl groups is 2. The number of amides is 1. The fourth-order valence-corrected chi connectivity index (χ4v) is 5.36. The number of aromatic nitrogens is 1. The van der Waals surface area contributed by atoms with Crippen molar-refractivity contribution in [1.29, 1.82) is 0 Å². The van der Waals surface area contributed by atoms with Crippen molar-refractivity contribution in [2.75, 3.05) is 11.9 Å². The number of carbonyl (C=O) groups is 1. The molecule has 0 bridgehead atoms. The molecule has 0 atom stereocenters. The fourth-order valence-electron chi connectivity index (χ4n) is 5.36. The Labute approximate surface area is 228 Å². The summed E-state index contributed by atoms with van der Waals surface area (Å²) in [5.74, 6) is 0.143. The minimum atomic E-state index is -0.103. The Hall–Kier alpha value is -4.10. The Bertz CT molecular complexity index is 1520. The third-order valence-corrected chi connectivity index (χ3v) is 7.76. The van der Waals surface area contributed by atoms with Crippen LogP contribution in [0.15, 0.2) is 65.2 Å². The average molecular weight is 524 g/mol. The molecule has 200 valence electrons. The number of benzene rings is 3. The van der Waals surface area contributed by atoms with Crippen LogP contribution in [0.2, 0.25) is 0 Å². The second-order valence-corrected chi connectivity index (χ2v) is 11.0. The van der Waals surface area contributed by atoms with Crippen molar-refractivity contribution in [2.24, 2.45) is 5.92 Å². The van der Waals surface area contributed by atoms with E-state index >= 15 is 0 Å². The van der Waals surface area contributed by atoms with Crippen LogP contribution in [0, 0.1) is 5.92 Å². The van der Waals surface area contributed by atoms with E-state index in [9.17, 15) is 15.0 Å². The monoisotopic (exact) mass is 523 g/mol. The van der Waals surface area contributed by atoms with Crippen molar-refractivity contribution in [3.8, 4) is 33.9 Å². The summed E-state index contributed by atoms with van der Waals surface area (Å²) in [6.07, 6.45) is 2.79. The predicted molar refractivity (Wildman–Crippen MR) is 150 cm³/mol. The average Bonchev–Trinajstić information content (AvgIpc) is 3.70. The van der Waals surface area contributed by atoms with Gasteiger partial charge in [0.2, 0.25) is 11.8 Å². The van der Waals surface area contributed by atoms with Gasteiger partial charge in [0.1, 0.15) is 17.2 Å². The van der Waals surface area contributed by atoms with E-state index < -0.39 is 0 Å². The van der Waals surface area contributed by atoms with Crippen LogP contribution in [0.25, 0.3) is 22.4 Å². The number of fused-ring (bicyclic) bond motifs is 1. The van der Waals surface area contributed by atoms with E-state index in [2.05, 4.69) is 51.8 Å². The minimum Gasteiger partial charge on any atom is -0.508 e. The van der Waals surface area contributed by atoms with Crippen molar-refractivity contribution >= 4 is 11.8 Å². The molecule has 1 fully saturated rings. The van der Waals surface area contributed by atoms with Crippen molar-refractivity contribution in [1.82, 2.24) is 10.1 Å². The first-order valence-corrected chi connectivity index (χ1v) is 13.6. The summed E-state index contributed by atoms with van der Waals surface area (Å²) in [6.45, 7) is 6.74. The summed E-state index contributed by atoms with van der Waals surface area (Å²) in [5.41, 5.74) is 7.00. The summed E-state index contributed by atoms with van der Waals surface area (Å²) in [7, 11) is 0. The van der Waals surface area contributed by atoms with Gasteiger partial charge in [0.05, 0.1) is 5.56 Å². The largest absolute Gasteiger partial charge is 0.508 e. The Morgan fingerprint density at radius 3 is 2.51 bits per heavy atom. The lowest BCUT2D eigenvalue weighted by molar-refractivity contribution is -0.117. The first-order chi connectivity index (χ1) is 18.9. The molecule has 1 aliphatic carbocycles. The topological polar surface area (TPSA) is 98.8 Å². The number of hydrogen-bond donors (Lipinski definition) is 3. The van der Waals surface area contributed by atoms with Crippen LogP contribution in [0.3, 0.4) is 0 Å². The zero-order chi connectivity index (χ0) is 27.1. The van der Waals surface area contributed by atoms with E-state index in [1.807, 2.05) is 26.0 Å². The van der Waals surface area contributed by atoms with Crippen molar-refractivity contribution in [3.63, 3.8) is 0 Å². The molecule has 2 aliphatic rings. The Kier molecular flexibility index (Phi) is 6.61. The van der Waals surface area contributed by atoms with E-state index in [0.29, 0.717) is 22.4 Å². The molecule has 0 radical (unpaired) electrons. The number of phenolic OH excluding ortho intramolecular Hbond substituents is 2. The molecule has 1 saturated carbocycles. The predicted octanol–water partition coefficient (Wildman–Crippen LogP) is 6.45. The van der Waals surface area contributed by atoms with Gasteiger partial charge in [-0.2, -0.15) is 0 Å². The number of phenols is 2. The van der Waals surface area contributed by atoms with Gasteiger partial charge >= 0.3 is 0 Å². The van der Waals surface area contributed by atoms with E-state index in [0.717, 1.165) is 44.5 Å². The van der Waals surface area contributed by atoms with Gasteiger partial charge in [-0.25, -0.2) is 0 Å². The maximum Gasteiger partial charge on any atom is 0.239 e. The van der Waals surface area contributed by atoms with Crippen LogP contribution < -0.4 is 5.32 Å². The highest BCUT2D eigenvalue weighted by molar-refractivity contribution is 5.99. The second-order valence-electron chi connectivity index (χ2n) is 11.0. The molecule has 3 aromatic carbocycles. The summed E-state index contributed by atoms with van der Waals surface area (Å²) in [4.78, 5) is 15.1. The van der Waals surface area contributed by atoms with Gasteiger partial charge < -0.3 is 14.7 Å². The van der Waals surface area contributed by atoms with Gasteiger partial charge in [0.15, 0.2) is 0 Å². The number of carbonyl (C=O) groups excluding carboxylic acids is 1. The maximum absolute atomic E-state index is 12.6. The lowest BCUT2D eigenvalue weighted by atomic mass is 9.94. The molecular formula is C32H33N3O4. The molecule has 6 rings (SSSR count). The van der Waals surface area contributed by atoms with Crippen LogP contribution in [-0.4, -0.2) is 32.7 Å². The SMILES string of the molecule is CC(C)c1cc(-c2noc(NC(=O)C3CC3)c2-c2ccc(CN3CCc4ccccc4C3)cc2)c(O)cc1O. The van der Waals surface area contributed by atoms with Crippen molar-refractivity contribution in [2.45, 2.75) is 52.1 Å². The molecule has 2 heterocycles. The van der Waals surface area contributed by atoms with E-state index in [1.54, 1.807) is 6.07 Å². The summed E-state index contributed by atoms with van der Waals surface area (Å²) >= 11 is 0. The second kappa shape index (κ2) is 10.2. The first-order valence-electron chi connectivity index (χ1n) is 13.6. The van der Waals surface area contributed by atoms with Gasteiger partial charge in [-0.1, -0.05) is 67.5 Å². The van der Waals surface area contributed by atoms with E-state index in [1.165, 1.54) is 22.8 Å². The summed E-state index contributed by atoms with van der Waals surface area (Å²) < 4.78 is 5.66. The molecule has 4 aromatic rings. The Morgan fingerprint density at radius 1 is 1.05 bits per heavy atom. The smallest absolute Gasteiger partial charge is 0.239 e.